The van der Waals surface area contributed by atoms with E-state index in [1.54, 1.807) is 0 Å². The molecule has 0 aromatic heterocycles. The third-order valence-corrected chi connectivity index (χ3v) is 4.32. The van der Waals surface area contributed by atoms with Gasteiger partial charge in [0.2, 0.25) is 11.8 Å². The van der Waals surface area contributed by atoms with E-state index in [1.165, 1.54) is 6.92 Å². The molecule has 0 aliphatic heterocycles. The Bertz CT molecular complexity index is 516. The fraction of sp³-hybridized carbons (Fsp3) is 0.529. The van der Waals surface area contributed by atoms with Gasteiger partial charge in [0.25, 0.3) is 0 Å². The summed E-state index contributed by atoms with van der Waals surface area (Å²) in [5, 5.41) is 5.95. The molecule has 0 heterocycles. The molecule has 1 fully saturated rings. The summed E-state index contributed by atoms with van der Waals surface area (Å²) in [6.07, 6.45) is 4.30. The maximum Gasteiger partial charge on any atom is 0.222 e. The van der Waals surface area contributed by atoms with E-state index in [9.17, 15) is 9.59 Å². The third kappa shape index (κ3) is 5.52. The second kappa shape index (κ2) is 8.89. The molecule has 1 aliphatic rings. The van der Waals surface area contributed by atoms with E-state index in [4.69, 9.17) is 5.73 Å². The predicted molar refractivity (Wildman–Crippen MR) is 93.3 cm³/mol. The molecule has 1 atom stereocenters. The first-order valence-electron chi connectivity index (χ1n) is 7.88. The van der Waals surface area contributed by atoms with E-state index in [-0.39, 0.29) is 42.2 Å². The van der Waals surface area contributed by atoms with Crippen LogP contribution in [0, 0.1) is 0 Å². The molecular weight excluding hydrogens is 314 g/mol. The number of nitrogens with two attached hydrogens (primary N) is 1. The van der Waals surface area contributed by atoms with Gasteiger partial charge in [-0.25, -0.2) is 0 Å². The Morgan fingerprint density at radius 3 is 2.35 bits per heavy atom. The lowest BCUT2D eigenvalue weighted by atomic mass is 9.96. The van der Waals surface area contributed by atoms with Crippen LogP contribution in [0.1, 0.15) is 50.6 Å². The van der Waals surface area contributed by atoms with E-state index in [0.29, 0.717) is 6.54 Å². The number of hydrogen-bond acceptors (Lipinski definition) is 3. The first kappa shape index (κ1) is 19.5. The van der Waals surface area contributed by atoms with Crippen LogP contribution >= 0.6 is 12.4 Å². The highest BCUT2D eigenvalue weighted by atomic mass is 35.5. The molecule has 128 valence electrons. The molecule has 1 saturated carbocycles. The monoisotopic (exact) mass is 339 g/mol. The molecule has 5 nitrogen and oxygen atoms in total. The standard InChI is InChI=1S/C17H25N3O2.ClH/c1-13(21)19-15(14-7-3-2-4-8-14)11-16(22)20-17(12-18)9-5-6-10-17;/h2-4,7-8,15H,5-6,9-12,18H2,1H3,(H,19,21)(H,20,22);1H. The van der Waals surface area contributed by atoms with Gasteiger partial charge in [-0.3, -0.25) is 9.59 Å². The minimum absolute atomic E-state index is 0. The van der Waals surface area contributed by atoms with Crippen LogP contribution in [0.3, 0.4) is 0 Å². The molecule has 1 unspecified atom stereocenters. The highest BCUT2D eigenvalue weighted by molar-refractivity contribution is 5.85. The molecule has 23 heavy (non-hydrogen) atoms. The second-order valence-electron chi connectivity index (χ2n) is 6.11. The van der Waals surface area contributed by atoms with Crippen LogP contribution in [-0.4, -0.2) is 23.9 Å². The fourth-order valence-electron chi connectivity index (χ4n) is 3.15. The maximum absolute atomic E-state index is 12.4. The van der Waals surface area contributed by atoms with E-state index in [0.717, 1.165) is 31.2 Å². The summed E-state index contributed by atoms with van der Waals surface area (Å²) in [5.41, 5.74) is 6.53. The summed E-state index contributed by atoms with van der Waals surface area (Å²) >= 11 is 0. The highest BCUT2D eigenvalue weighted by Crippen LogP contribution is 2.29. The van der Waals surface area contributed by atoms with Crippen molar-refractivity contribution in [2.45, 2.75) is 50.6 Å². The van der Waals surface area contributed by atoms with Gasteiger partial charge in [-0.2, -0.15) is 0 Å². The van der Waals surface area contributed by atoms with Gasteiger partial charge in [-0.1, -0.05) is 43.2 Å². The maximum atomic E-state index is 12.4. The molecule has 0 spiro atoms. The van der Waals surface area contributed by atoms with Gasteiger partial charge >= 0.3 is 0 Å². The molecule has 1 aromatic carbocycles. The van der Waals surface area contributed by atoms with Gasteiger partial charge in [-0.05, 0) is 18.4 Å². The first-order valence-corrected chi connectivity index (χ1v) is 7.88. The molecule has 2 rings (SSSR count). The molecule has 1 aliphatic carbocycles. The summed E-state index contributed by atoms with van der Waals surface area (Å²) in [6.45, 7) is 1.93. The molecule has 2 amide bonds. The lowest BCUT2D eigenvalue weighted by Gasteiger charge is -2.29. The van der Waals surface area contributed by atoms with Crippen molar-refractivity contribution in [3.05, 3.63) is 35.9 Å². The Balaban J connectivity index is 0.00000264. The zero-order valence-electron chi connectivity index (χ0n) is 13.5. The summed E-state index contributed by atoms with van der Waals surface area (Å²) in [6, 6.07) is 9.25. The minimum atomic E-state index is -0.310. The van der Waals surface area contributed by atoms with Gasteiger partial charge in [0.15, 0.2) is 0 Å². The predicted octanol–water partition coefficient (Wildman–Crippen LogP) is 2.06. The Hall–Kier alpha value is -1.59. The zero-order valence-corrected chi connectivity index (χ0v) is 14.3. The lowest BCUT2D eigenvalue weighted by Crippen LogP contribution is -2.52. The molecule has 0 bridgehead atoms. The second-order valence-corrected chi connectivity index (χ2v) is 6.11. The quantitative estimate of drug-likeness (QED) is 0.741. The number of hydrogen-bond donors (Lipinski definition) is 3. The van der Waals surface area contributed by atoms with Crippen molar-refractivity contribution in [1.29, 1.82) is 0 Å². The van der Waals surface area contributed by atoms with Crippen LogP contribution in [0.15, 0.2) is 30.3 Å². The number of benzene rings is 1. The van der Waals surface area contributed by atoms with Gasteiger partial charge in [-0.15, -0.1) is 12.4 Å². The first-order chi connectivity index (χ1) is 10.5. The molecule has 0 radical (unpaired) electrons. The van der Waals surface area contributed by atoms with E-state index in [1.807, 2.05) is 30.3 Å². The van der Waals surface area contributed by atoms with Crippen molar-refractivity contribution in [3.8, 4) is 0 Å². The van der Waals surface area contributed by atoms with Crippen molar-refractivity contribution >= 4 is 24.2 Å². The van der Waals surface area contributed by atoms with Crippen molar-refractivity contribution in [2.75, 3.05) is 6.54 Å². The van der Waals surface area contributed by atoms with E-state index in [2.05, 4.69) is 10.6 Å². The van der Waals surface area contributed by atoms with Gasteiger partial charge in [0, 0.05) is 13.5 Å². The Morgan fingerprint density at radius 2 is 1.83 bits per heavy atom. The van der Waals surface area contributed by atoms with Crippen molar-refractivity contribution in [2.24, 2.45) is 5.73 Å². The van der Waals surface area contributed by atoms with Crippen LogP contribution in [0.5, 0.6) is 0 Å². The summed E-state index contributed by atoms with van der Waals surface area (Å²) < 4.78 is 0. The normalized spacial score (nSPS) is 17.0. The SMILES string of the molecule is CC(=O)NC(CC(=O)NC1(CN)CCCC1)c1ccccc1.Cl. The zero-order chi connectivity index (χ0) is 16.0. The molecule has 6 heteroatoms. The van der Waals surface area contributed by atoms with E-state index < -0.39 is 0 Å². The largest absolute Gasteiger partial charge is 0.349 e. The summed E-state index contributed by atoms with van der Waals surface area (Å²) in [4.78, 5) is 23.8. The highest BCUT2D eigenvalue weighted by Gasteiger charge is 2.34. The average Bonchev–Trinajstić information content (AvgIpc) is 2.96. The fourth-order valence-corrected chi connectivity index (χ4v) is 3.15. The molecule has 0 saturated heterocycles. The topological polar surface area (TPSA) is 84.2 Å². The van der Waals surface area contributed by atoms with Crippen molar-refractivity contribution in [1.82, 2.24) is 10.6 Å². The molecular formula is C17H26ClN3O2. The number of rotatable bonds is 6. The third-order valence-electron chi connectivity index (χ3n) is 4.32. The minimum Gasteiger partial charge on any atom is -0.349 e. The van der Waals surface area contributed by atoms with Crippen LogP contribution in [0.4, 0.5) is 0 Å². The summed E-state index contributed by atoms with van der Waals surface area (Å²) in [5.74, 6) is -0.203. The van der Waals surface area contributed by atoms with Gasteiger partial charge in [0.1, 0.15) is 0 Å². The Morgan fingerprint density at radius 1 is 1.22 bits per heavy atom. The van der Waals surface area contributed by atoms with Gasteiger partial charge in [0.05, 0.1) is 18.0 Å². The average molecular weight is 340 g/mol. The Labute approximate surface area is 143 Å². The number of carbonyl (C=O) groups excluding carboxylic acids is 2. The van der Waals surface area contributed by atoms with Crippen LogP contribution < -0.4 is 16.4 Å². The summed E-state index contributed by atoms with van der Waals surface area (Å²) in [7, 11) is 0. The Kier molecular flexibility index (Phi) is 7.52. The number of nitrogens with one attached hydrogen (secondary N) is 2. The smallest absolute Gasteiger partial charge is 0.222 e. The molecule has 1 aromatic rings. The van der Waals surface area contributed by atoms with Gasteiger partial charge < -0.3 is 16.4 Å². The molecule has 4 N–H and O–H groups in total. The van der Waals surface area contributed by atoms with Crippen molar-refractivity contribution < 1.29 is 9.59 Å². The number of halogens is 1. The van der Waals surface area contributed by atoms with Crippen molar-refractivity contribution in [3.63, 3.8) is 0 Å². The number of carbonyl (C=O) groups is 2. The van der Waals surface area contributed by atoms with Crippen LogP contribution in [0.2, 0.25) is 0 Å². The lowest BCUT2D eigenvalue weighted by molar-refractivity contribution is -0.124. The van der Waals surface area contributed by atoms with E-state index >= 15 is 0 Å². The number of amides is 2. The van der Waals surface area contributed by atoms with Crippen LogP contribution in [-0.2, 0) is 9.59 Å². The van der Waals surface area contributed by atoms with Crippen LogP contribution in [0.25, 0.3) is 0 Å².